The highest BCUT2D eigenvalue weighted by Gasteiger charge is 2.08. The van der Waals surface area contributed by atoms with Crippen LogP contribution in [0, 0.1) is 0 Å². The quantitative estimate of drug-likeness (QED) is 0.751. The highest BCUT2D eigenvalue weighted by atomic mass is 16.2. The van der Waals surface area contributed by atoms with Gasteiger partial charge < -0.3 is 5.32 Å². The number of carbonyl (C=O) groups excluding carboxylic acids is 1. The van der Waals surface area contributed by atoms with Gasteiger partial charge in [0.25, 0.3) is 0 Å². The van der Waals surface area contributed by atoms with E-state index in [0.29, 0.717) is 6.54 Å². The van der Waals surface area contributed by atoms with Crippen LogP contribution in [0.4, 0.5) is 0 Å². The number of nitrogens with zero attached hydrogens (tertiary/aromatic N) is 2. The van der Waals surface area contributed by atoms with Gasteiger partial charge in [-0.2, -0.15) is 0 Å². The predicted molar refractivity (Wildman–Crippen MR) is 89.6 cm³/mol. The molecule has 0 atom stereocenters. The molecule has 1 N–H and O–H groups in total. The van der Waals surface area contributed by atoms with Crippen LogP contribution >= 0.6 is 0 Å². The molecule has 22 heavy (non-hydrogen) atoms. The second-order valence-corrected chi connectivity index (χ2v) is 6.05. The Balaban J connectivity index is 1.58. The lowest BCUT2D eigenvalue weighted by atomic mass is 9.97. The van der Waals surface area contributed by atoms with E-state index in [2.05, 4.69) is 21.3 Å². The van der Waals surface area contributed by atoms with E-state index >= 15 is 0 Å². The summed E-state index contributed by atoms with van der Waals surface area (Å²) in [6.45, 7) is 2.11. The van der Waals surface area contributed by atoms with Crippen LogP contribution < -0.4 is 5.32 Å². The van der Waals surface area contributed by atoms with E-state index < -0.39 is 0 Å². The monoisotopic (exact) mass is 301 g/mol. The molecule has 0 spiro atoms. The van der Waals surface area contributed by atoms with Crippen molar-refractivity contribution in [3.63, 3.8) is 0 Å². The van der Waals surface area contributed by atoms with E-state index in [0.717, 1.165) is 25.9 Å². The van der Waals surface area contributed by atoms with Gasteiger partial charge in [-0.15, -0.1) is 0 Å². The molecule has 1 aliphatic rings. The van der Waals surface area contributed by atoms with E-state index in [1.807, 2.05) is 31.6 Å². The number of aromatic nitrogens is 1. The minimum atomic E-state index is 0.119. The molecular formula is C18H27N3O. The van der Waals surface area contributed by atoms with Crippen molar-refractivity contribution in [1.82, 2.24) is 15.2 Å². The maximum Gasteiger partial charge on any atom is 0.234 e. The van der Waals surface area contributed by atoms with Crippen molar-refractivity contribution in [3.8, 4) is 0 Å². The number of carbonyl (C=O) groups is 1. The SMILES string of the molecule is CN(CCc1ccncc1)CC(=O)NCCC1=CCCCC1. The maximum absolute atomic E-state index is 11.9. The van der Waals surface area contributed by atoms with Gasteiger partial charge in [0.2, 0.25) is 5.91 Å². The summed E-state index contributed by atoms with van der Waals surface area (Å²) in [5.74, 6) is 0.119. The van der Waals surface area contributed by atoms with Gasteiger partial charge in [-0.25, -0.2) is 0 Å². The normalized spacial score (nSPS) is 14.7. The van der Waals surface area contributed by atoms with Crippen molar-refractivity contribution in [1.29, 1.82) is 0 Å². The Hall–Kier alpha value is -1.68. The molecule has 0 saturated carbocycles. The maximum atomic E-state index is 11.9. The fourth-order valence-corrected chi connectivity index (χ4v) is 2.74. The Morgan fingerprint density at radius 2 is 2.09 bits per heavy atom. The Morgan fingerprint density at radius 1 is 1.27 bits per heavy atom. The molecule has 120 valence electrons. The lowest BCUT2D eigenvalue weighted by molar-refractivity contribution is -0.121. The van der Waals surface area contributed by atoms with Crippen molar-refractivity contribution in [2.75, 3.05) is 26.7 Å². The Bertz CT molecular complexity index is 484. The molecule has 0 aliphatic heterocycles. The lowest BCUT2D eigenvalue weighted by Gasteiger charge is -2.17. The zero-order valence-corrected chi connectivity index (χ0v) is 13.6. The fourth-order valence-electron chi connectivity index (χ4n) is 2.74. The average Bonchev–Trinajstić information content (AvgIpc) is 2.55. The molecule has 2 rings (SSSR count). The molecule has 0 fully saturated rings. The summed E-state index contributed by atoms with van der Waals surface area (Å²) in [6, 6.07) is 4.04. The molecule has 4 heteroatoms. The summed E-state index contributed by atoms with van der Waals surface area (Å²) in [5.41, 5.74) is 2.77. The molecule has 1 aliphatic carbocycles. The first-order valence-electron chi connectivity index (χ1n) is 8.26. The van der Waals surface area contributed by atoms with E-state index in [1.54, 1.807) is 0 Å². The predicted octanol–water partition coefficient (Wildman–Crippen LogP) is 2.56. The van der Waals surface area contributed by atoms with Crippen LogP contribution in [0.5, 0.6) is 0 Å². The summed E-state index contributed by atoms with van der Waals surface area (Å²) in [6.07, 6.45) is 12.9. The Kier molecular flexibility index (Phi) is 7.10. The first-order chi connectivity index (χ1) is 10.7. The molecule has 4 nitrogen and oxygen atoms in total. The molecule has 1 aromatic heterocycles. The van der Waals surface area contributed by atoms with Crippen LogP contribution in [0.2, 0.25) is 0 Å². The number of pyridine rings is 1. The Labute approximate surface area is 133 Å². The molecule has 0 saturated heterocycles. The van der Waals surface area contributed by atoms with E-state index in [9.17, 15) is 4.79 Å². The van der Waals surface area contributed by atoms with Crippen molar-refractivity contribution >= 4 is 5.91 Å². The second-order valence-electron chi connectivity index (χ2n) is 6.05. The van der Waals surface area contributed by atoms with Gasteiger partial charge in [-0.05, 0) is 63.3 Å². The van der Waals surface area contributed by atoms with Crippen LogP contribution in [0.25, 0.3) is 0 Å². The smallest absolute Gasteiger partial charge is 0.234 e. The van der Waals surface area contributed by atoms with Gasteiger partial charge in [-0.3, -0.25) is 14.7 Å². The Morgan fingerprint density at radius 3 is 2.82 bits per heavy atom. The summed E-state index contributed by atoms with van der Waals surface area (Å²) in [4.78, 5) is 18.0. The largest absolute Gasteiger partial charge is 0.355 e. The van der Waals surface area contributed by atoms with Gasteiger partial charge in [0.15, 0.2) is 0 Å². The molecule has 0 bridgehead atoms. The van der Waals surface area contributed by atoms with Gasteiger partial charge >= 0.3 is 0 Å². The number of allylic oxidation sites excluding steroid dienone is 1. The molecule has 0 aromatic carbocycles. The van der Waals surface area contributed by atoms with Crippen LogP contribution in [0.1, 0.15) is 37.7 Å². The first-order valence-corrected chi connectivity index (χ1v) is 8.26. The number of amides is 1. The van der Waals surface area contributed by atoms with Gasteiger partial charge in [-0.1, -0.05) is 11.6 Å². The topological polar surface area (TPSA) is 45.2 Å². The molecule has 0 radical (unpaired) electrons. The molecule has 1 aromatic rings. The molecular weight excluding hydrogens is 274 g/mol. The highest BCUT2D eigenvalue weighted by Crippen LogP contribution is 2.19. The molecule has 1 heterocycles. The molecule has 1 amide bonds. The highest BCUT2D eigenvalue weighted by molar-refractivity contribution is 5.77. The fraction of sp³-hybridized carbons (Fsp3) is 0.556. The van der Waals surface area contributed by atoms with Crippen molar-refractivity contribution in [2.45, 2.75) is 38.5 Å². The summed E-state index contributed by atoms with van der Waals surface area (Å²) in [7, 11) is 1.99. The molecule has 0 unspecified atom stereocenters. The zero-order valence-electron chi connectivity index (χ0n) is 13.6. The standard InChI is InChI=1S/C18H27N3O/c1-21(14-10-17-7-11-19-12-8-17)15-18(22)20-13-9-16-5-3-2-4-6-16/h5,7-8,11-12H,2-4,6,9-10,13-15H2,1H3,(H,20,22). The zero-order chi connectivity index (χ0) is 15.6. The van der Waals surface area contributed by atoms with Gasteiger partial charge in [0.1, 0.15) is 0 Å². The number of rotatable bonds is 8. The van der Waals surface area contributed by atoms with Gasteiger partial charge in [0.05, 0.1) is 6.54 Å². The van der Waals surface area contributed by atoms with Crippen LogP contribution in [0.3, 0.4) is 0 Å². The van der Waals surface area contributed by atoms with Crippen LogP contribution in [0.15, 0.2) is 36.2 Å². The number of hydrogen-bond acceptors (Lipinski definition) is 3. The summed E-state index contributed by atoms with van der Waals surface area (Å²) < 4.78 is 0. The van der Waals surface area contributed by atoms with E-state index in [1.165, 1.54) is 36.8 Å². The van der Waals surface area contributed by atoms with E-state index in [4.69, 9.17) is 0 Å². The first kappa shape index (κ1) is 16.7. The number of hydrogen-bond donors (Lipinski definition) is 1. The summed E-state index contributed by atoms with van der Waals surface area (Å²) >= 11 is 0. The number of nitrogens with one attached hydrogen (secondary N) is 1. The van der Waals surface area contributed by atoms with Crippen LogP contribution in [-0.2, 0) is 11.2 Å². The van der Waals surface area contributed by atoms with Crippen LogP contribution in [-0.4, -0.2) is 42.5 Å². The van der Waals surface area contributed by atoms with Crippen molar-refractivity contribution in [3.05, 3.63) is 41.7 Å². The third kappa shape index (κ3) is 6.39. The minimum absolute atomic E-state index is 0.119. The number of likely N-dealkylation sites (N-methyl/N-ethyl adjacent to an activating group) is 1. The lowest BCUT2D eigenvalue weighted by Crippen LogP contribution is -2.36. The third-order valence-corrected chi connectivity index (χ3v) is 4.10. The van der Waals surface area contributed by atoms with E-state index in [-0.39, 0.29) is 5.91 Å². The third-order valence-electron chi connectivity index (χ3n) is 4.10. The van der Waals surface area contributed by atoms with Gasteiger partial charge in [0, 0.05) is 25.5 Å². The minimum Gasteiger partial charge on any atom is -0.355 e. The average molecular weight is 301 g/mol. The second kappa shape index (κ2) is 9.36. The van der Waals surface area contributed by atoms with Crippen molar-refractivity contribution in [2.24, 2.45) is 0 Å². The van der Waals surface area contributed by atoms with Crippen molar-refractivity contribution < 1.29 is 4.79 Å². The summed E-state index contributed by atoms with van der Waals surface area (Å²) in [5, 5.41) is 3.03.